The van der Waals surface area contributed by atoms with Crippen molar-refractivity contribution in [3.05, 3.63) is 57.6 Å². The summed E-state index contributed by atoms with van der Waals surface area (Å²) in [7, 11) is 0. The van der Waals surface area contributed by atoms with Crippen LogP contribution in [0.3, 0.4) is 0 Å². The minimum Gasteiger partial charge on any atom is -0.493 e. The van der Waals surface area contributed by atoms with E-state index in [4.69, 9.17) is 27.9 Å². The average Bonchev–Trinajstić information content (AvgIpc) is 3.27. The van der Waals surface area contributed by atoms with E-state index >= 15 is 0 Å². The fraction of sp³-hybridized carbons (Fsp3) is 0.407. The van der Waals surface area contributed by atoms with Gasteiger partial charge in [0.25, 0.3) is 5.91 Å². The predicted octanol–water partition coefficient (Wildman–Crippen LogP) is 3.06. The fourth-order valence-electron chi connectivity index (χ4n) is 5.14. The first-order chi connectivity index (χ1) is 18.8. The fourth-order valence-corrected chi connectivity index (χ4v) is 5.56. The van der Waals surface area contributed by atoms with Gasteiger partial charge in [0.05, 0.1) is 28.9 Å². The van der Waals surface area contributed by atoms with Gasteiger partial charge in [0, 0.05) is 50.3 Å². The SMILES string of the molecule is O=C1CCC(N2Cc3c(OCCCNC(=O)N4CCN(c5cccc(Cl)c5Cl)CC4)cccc3C2=O)C(=O)N1. The normalized spacial score (nSPS) is 19.2. The molecule has 0 bridgehead atoms. The van der Waals surface area contributed by atoms with Gasteiger partial charge in [-0.1, -0.05) is 35.3 Å². The largest absolute Gasteiger partial charge is 0.493 e. The molecule has 5 amide bonds. The van der Waals surface area contributed by atoms with E-state index in [2.05, 4.69) is 15.5 Å². The van der Waals surface area contributed by atoms with Crippen molar-refractivity contribution in [1.82, 2.24) is 20.4 Å². The van der Waals surface area contributed by atoms with Crippen molar-refractivity contribution in [3.63, 3.8) is 0 Å². The lowest BCUT2D eigenvalue weighted by Gasteiger charge is -2.36. The molecule has 5 rings (SSSR count). The lowest BCUT2D eigenvalue weighted by Crippen LogP contribution is -2.52. The van der Waals surface area contributed by atoms with Crippen LogP contribution in [-0.4, -0.2) is 78.9 Å². The number of ether oxygens (including phenoxy) is 1. The number of rotatable bonds is 7. The van der Waals surface area contributed by atoms with Gasteiger partial charge in [-0.25, -0.2) is 4.79 Å². The number of fused-ring (bicyclic) bond motifs is 1. The number of piperazine rings is 1. The summed E-state index contributed by atoms with van der Waals surface area (Å²) in [6, 6.07) is 10.0. The van der Waals surface area contributed by atoms with Crippen LogP contribution in [0.5, 0.6) is 5.75 Å². The Kier molecular flexibility index (Phi) is 8.13. The lowest BCUT2D eigenvalue weighted by molar-refractivity contribution is -0.136. The molecule has 1 atom stereocenters. The van der Waals surface area contributed by atoms with Gasteiger partial charge < -0.3 is 24.8 Å². The van der Waals surface area contributed by atoms with E-state index in [0.717, 1.165) is 11.3 Å². The molecule has 1 unspecified atom stereocenters. The zero-order valence-electron chi connectivity index (χ0n) is 21.3. The highest BCUT2D eigenvalue weighted by Crippen LogP contribution is 2.34. The Hall–Kier alpha value is -3.50. The molecule has 2 fully saturated rings. The number of urea groups is 1. The van der Waals surface area contributed by atoms with Gasteiger partial charge in [0.1, 0.15) is 11.8 Å². The molecule has 3 aliphatic heterocycles. The standard InChI is InChI=1S/C27H29Cl2N5O5/c28-19-5-2-6-20(24(19)29)32-11-13-33(14-12-32)27(38)30-10-3-15-39-22-7-1-4-17-18(22)16-34(26(17)37)21-8-9-23(35)31-25(21)36/h1-2,4-7,21H,3,8-16H2,(H,30,38)(H,31,35,36). The second kappa shape index (κ2) is 11.7. The molecule has 2 aromatic carbocycles. The molecule has 3 aliphatic rings. The van der Waals surface area contributed by atoms with Crippen LogP contribution in [0.25, 0.3) is 0 Å². The molecular weight excluding hydrogens is 545 g/mol. The van der Waals surface area contributed by atoms with Crippen molar-refractivity contribution in [3.8, 4) is 5.75 Å². The summed E-state index contributed by atoms with van der Waals surface area (Å²) < 4.78 is 5.96. The number of anilines is 1. The Morgan fingerprint density at radius 2 is 1.82 bits per heavy atom. The summed E-state index contributed by atoms with van der Waals surface area (Å²) >= 11 is 12.5. The lowest BCUT2D eigenvalue weighted by atomic mass is 10.0. The summed E-state index contributed by atoms with van der Waals surface area (Å²) in [6.45, 7) is 3.49. The molecule has 0 radical (unpaired) electrons. The average molecular weight is 574 g/mol. The number of hydrogen-bond acceptors (Lipinski definition) is 6. The topological polar surface area (TPSA) is 111 Å². The molecule has 10 nitrogen and oxygen atoms in total. The molecule has 0 spiro atoms. The third-order valence-corrected chi connectivity index (χ3v) is 8.04. The summed E-state index contributed by atoms with van der Waals surface area (Å²) in [4.78, 5) is 54.7. The van der Waals surface area contributed by atoms with Gasteiger partial charge in [-0.2, -0.15) is 0 Å². The van der Waals surface area contributed by atoms with E-state index in [1.807, 2.05) is 12.1 Å². The smallest absolute Gasteiger partial charge is 0.317 e. The number of halogens is 2. The van der Waals surface area contributed by atoms with Gasteiger partial charge >= 0.3 is 6.03 Å². The van der Waals surface area contributed by atoms with Crippen molar-refractivity contribution < 1.29 is 23.9 Å². The Balaban J connectivity index is 1.06. The summed E-state index contributed by atoms with van der Waals surface area (Å²) in [6.07, 6.45) is 1.10. The Morgan fingerprint density at radius 1 is 1.05 bits per heavy atom. The summed E-state index contributed by atoms with van der Waals surface area (Å²) in [5.74, 6) is -0.422. The highest BCUT2D eigenvalue weighted by Gasteiger charge is 2.40. The number of carbonyl (C=O) groups is 4. The number of nitrogens with one attached hydrogen (secondary N) is 2. The number of nitrogens with zero attached hydrogens (tertiary/aromatic N) is 3. The van der Waals surface area contributed by atoms with E-state index in [-0.39, 0.29) is 30.8 Å². The molecule has 2 aromatic rings. The number of benzene rings is 2. The number of hydrogen-bond donors (Lipinski definition) is 2. The second-order valence-corrected chi connectivity index (χ2v) is 10.4. The van der Waals surface area contributed by atoms with Gasteiger partial charge in [0.15, 0.2) is 0 Å². The molecule has 39 heavy (non-hydrogen) atoms. The number of amides is 5. The quantitative estimate of drug-likeness (QED) is 0.389. The Morgan fingerprint density at radius 3 is 2.59 bits per heavy atom. The molecule has 0 saturated carbocycles. The zero-order chi connectivity index (χ0) is 27.5. The molecule has 2 N–H and O–H groups in total. The first-order valence-electron chi connectivity index (χ1n) is 12.9. The molecular formula is C27H29Cl2N5O5. The van der Waals surface area contributed by atoms with Crippen LogP contribution < -0.4 is 20.3 Å². The first-order valence-corrected chi connectivity index (χ1v) is 13.7. The minimum atomic E-state index is -0.671. The first kappa shape index (κ1) is 27.1. The third kappa shape index (κ3) is 5.77. The highest BCUT2D eigenvalue weighted by molar-refractivity contribution is 6.43. The Labute approximate surface area is 236 Å². The monoisotopic (exact) mass is 573 g/mol. The van der Waals surface area contributed by atoms with Gasteiger partial charge in [-0.3, -0.25) is 19.7 Å². The maximum Gasteiger partial charge on any atom is 0.317 e. The van der Waals surface area contributed by atoms with E-state index in [1.54, 1.807) is 29.2 Å². The molecule has 12 heteroatoms. The zero-order valence-corrected chi connectivity index (χ0v) is 22.8. The van der Waals surface area contributed by atoms with Crippen LogP contribution in [0.15, 0.2) is 36.4 Å². The van der Waals surface area contributed by atoms with Crippen molar-refractivity contribution in [2.75, 3.05) is 44.2 Å². The van der Waals surface area contributed by atoms with E-state index in [9.17, 15) is 19.2 Å². The van der Waals surface area contributed by atoms with E-state index in [1.165, 1.54) is 4.90 Å². The van der Waals surface area contributed by atoms with Crippen LogP contribution >= 0.6 is 23.2 Å². The second-order valence-electron chi connectivity index (χ2n) is 9.66. The van der Waals surface area contributed by atoms with Crippen molar-refractivity contribution >= 4 is 52.6 Å². The van der Waals surface area contributed by atoms with Crippen LogP contribution in [0.1, 0.15) is 35.2 Å². The van der Waals surface area contributed by atoms with Crippen LogP contribution in [0.2, 0.25) is 10.0 Å². The number of piperidine rings is 1. The third-order valence-electron chi connectivity index (χ3n) is 7.23. The number of imide groups is 1. The molecule has 2 saturated heterocycles. The highest BCUT2D eigenvalue weighted by atomic mass is 35.5. The molecule has 0 aromatic heterocycles. The van der Waals surface area contributed by atoms with Crippen molar-refractivity contribution in [1.29, 1.82) is 0 Å². The number of carbonyl (C=O) groups excluding carboxylic acids is 4. The van der Waals surface area contributed by atoms with E-state index in [0.29, 0.717) is 73.5 Å². The molecule has 0 aliphatic carbocycles. The van der Waals surface area contributed by atoms with Crippen molar-refractivity contribution in [2.24, 2.45) is 0 Å². The van der Waals surface area contributed by atoms with Crippen LogP contribution in [0.4, 0.5) is 10.5 Å². The van der Waals surface area contributed by atoms with Crippen LogP contribution in [0, 0.1) is 0 Å². The van der Waals surface area contributed by atoms with Crippen molar-refractivity contribution in [2.45, 2.75) is 31.8 Å². The van der Waals surface area contributed by atoms with Crippen LogP contribution in [-0.2, 0) is 16.1 Å². The Bertz CT molecular complexity index is 1300. The summed E-state index contributed by atoms with van der Waals surface area (Å²) in [5.41, 5.74) is 2.10. The maximum absolute atomic E-state index is 12.9. The maximum atomic E-state index is 12.9. The minimum absolute atomic E-state index is 0.127. The summed E-state index contributed by atoms with van der Waals surface area (Å²) in [5, 5.41) is 6.28. The van der Waals surface area contributed by atoms with Gasteiger partial charge in [0.2, 0.25) is 11.8 Å². The molecule has 3 heterocycles. The van der Waals surface area contributed by atoms with Gasteiger partial charge in [-0.15, -0.1) is 0 Å². The van der Waals surface area contributed by atoms with Gasteiger partial charge in [-0.05, 0) is 37.1 Å². The molecule has 206 valence electrons. The van der Waals surface area contributed by atoms with E-state index < -0.39 is 11.9 Å². The predicted molar refractivity (Wildman–Crippen MR) is 146 cm³/mol.